The Bertz CT molecular complexity index is 606. The molecule has 0 N–H and O–H groups in total. The number of para-hydroxylation sites is 2. The largest absolute Gasteiger partial charge is 0.485 e. The Morgan fingerprint density at radius 3 is 3.00 bits per heavy atom. The molecule has 1 aromatic carbocycles. The summed E-state index contributed by atoms with van der Waals surface area (Å²) in [6.45, 7) is 2.88. The van der Waals surface area contributed by atoms with E-state index in [0.29, 0.717) is 23.9 Å². The van der Waals surface area contributed by atoms with Crippen LogP contribution in [-0.4, -0.2) is 28.0 Å². The average Bonchev–Trinajstić information content (AvgIpc) is 2.94. The molecule has 1 atom stereocenters. The van der Waals surface area contributed by atoms with Crippen LogP contribution in [0.1, 0.15) is 17.5 Å². The fraction of sp³-hybridized carbons (Fsp3) is 0.286. The van der Waals surface area contributed by atoms with Gasteiger partial charge in [-0.25, -0.2) is 4.98 Å². The van der Waals surface area contributed by atoms with Gasteiger partial charge in [0.2, 0.25) is 5.78 Å². The van der Waals surface area contributed by atoms with Crippen LogP contribution in [0.5, 0.6) is 11.5 Å². The van der Waals surface area contributed by atoms with Gasteiger partial charge < -0.3 is 14.0 Å². The Labute approximate surface area is 110 Å². The summed E-state index contributed by atoms with van der Waals surface area (Å²) in [5, 5.41) is 0. The van der Waals surface area contributed by atoms with E-state index in [1.165, 1.54) is 0 Å². The van der Waals surface area contributed by atoms with Gasteiger partial charge >= 0.3 is 0 Å². The van der Waals surface area contributed by atoms with E-state index in [2.05, 4.69) is 4.98 Å². The predicted molar refractivity (Wildman–Crippen MR) is 68.6 cm³/mol. The monoisotopic (exact) mass is 258 g/mol. The summed E-state index contributed by atoms with van der Waals surface area (Å²) < 4.78 is 13.0. The zero-order valence-electron chi connectivity index (χ0n) is 10.6. The van der Waals surface area contributed by atoms with E-state index >= 15 is 0 Å². The highest BCUT2D eigenvalue weighted by atomic mass is 16.6. The molecule has 0 bridgehead atoms. The summed E-state index contributed by atoms with van der Waals surface area (Å²) in [4.78, 5) is 16.5. The fourth-order valence-electron chi connectivity index (χ4n) is 2.08. The van der Waals surface area contributed by atoms with Crippen LogP contribution >= 0.6 is 0 Å². The van der Waals surface area contributed by atoms with Crippen molar-refractivity contribution in [3.8, 4) is 11.5 Å². The van der Waals surface area contributed by atoms with Gasteiger partial charge in [-0.2, -0.15) is 0 Å². The Hall–Kier alpha value is -2.30. The average molecular weight is 258 g/mol. The number of ketones is 1. The third kappa shape index (κ3) is 2.07. The second-order valence-corrected chi connectivity index (χ2v) is 4.27. The number of aromatic nitrogens is 2. The Balaban J connectivity index is 1.83. The third-order valence-electron chi connectivity index (χ3n) is 3.08. The van der Waals surface area contributed by atoms with Gasteiger partial charge in [-0.05, 0) is 19.1 Å². The van der Waals surface area contributed by atoms with Crippen molar-refractivity contribution in [3.05, 3.63) is 42.5 Å². The number of nitrogens with zero attached hydrogens (tertiary/aromatic N) is 2. The van der Waals surface area contributed by atoms with E-state index in [4.69, 9.17) is 9.47 Å². The number of imidazole rings is 1. The molecule has 19 heavy (non-hydrogen) atoms. The van der Waals surface area contributed by atoms with Crippen molar-refractivity contribution in [1.82, 2.24) is 9.55 Å². The lowest BCUT2D eigenvalue weighted by atomic mass is 10.2. The molecule has 0 saturated heterocycles. The van der Waals surface area contributed by atoms with Crippen LogP contribution in [0.25, 0.3) is 0 Å². The molecule has 2 aromatic rings. The number of Topliss-reactive ketones (excluding diaryl/α,β-unsaturated/α-hetero) is 1. The number of benzene rings is 1. The van der Waals surface area contributed by atoms with Crippen molar-refractivity contribution in [2.45, 2.75) is 19.6 Å². The van der Waals surface area contributed by atoms with Crippen LogP contribution in [0.3, 0.4) is 0 Å². The van der Waals surface area contributed by atoms with Gasteiger partial charge in [0.15, 0.2) is 23.4 Å². The summed E-state index contributed by atoms with van der Waals surface area (Å²) in [5.74, 6) is 1.53. The second-order valence-electron chi connectivity index (χ2n) is 4.27. The van der Waals surface area contributed by atoms with E-state index in [0.717, 1.165) is 0 Å². The van der Waals surface area contributed by atoms with E-state index in [1.807, 2.05) is 25.1 Å². The van der Waals surface area contributed by atoms with Crippen molar-refractivity contribution in [2.75, 3.05) is 6.61 Å². The van der Waals surface area contributed by atoms with Crippen LogP contribution < -0.4 is 9.47 Å². The summed E-state index contributed by atoms with van der Waals surface area (Å²) in [7, 11) is 0. The van der Waals surface area contributed by atoms with E-state index in [1.54, 1.807) is 23.0 Å². The van der Waals surface area contributed by atoms with Gasteiger partial charge in [-0.1, -0.05) is 12.1 Å². The van der Waals surface area contributed by atoms with Gasteiger partial charge in [-0.15, -0.1) is 0 Å². The number of fused-ring (bicyclic) bond motifs is 1. The summed E-state index contributed by atoms with van der Waals surface area (Å²) >= 11 is 0. The van der Waals surface area contributed by atoms with Crippen molar-refractivity contribution in [1.29, 1.82) is 0 Å². The molecule has 1 unspecified atom stereocenters. The molecule has 0 fully saturated rings. The standard InChI is InChI=1S/C14H14N2O3/c1-2-16-8-7-15-14(16)13(17)12-9-18-10-5-3-4-6-11(10)19-12/h3-8,12H,2,9H2,1H3. The number of aryl methyl sites for hydroxylation is 1. The third-order valence-corrected chi connectivity index (χ3v) is 3.08. The van der Waals surface area contributed by atoms with Crippen LogP contribution in [0.15, 0.2) is 36.7 Å². The lowest BCUT2D eigenvalue weighted by Crippen LogP contribution is -2.37. The quantitative estimate of drug-likeness (QED) is 0.789. The minimum atomic E-state index is -0.636. The molecule has 0 saturated carbocycles. The molecule has 2 heterocycles. The topological polar surface area (TPSA) is 53.4 Å². The van der Waals surface area contributed by atoms with Crippen molar-refractivity contribution < 1.29 is 14.3 Å². The summed E-state index contributed by atoms with van der Waals surface area (Å²) in [5.41, 5.74) is 0. The van der Waals surface area contributed by atoms with Gasteiger partial charge in [0.25, 0.3) is 0 Å². The van der Waals surface area contributed by atoms with E-state index in [9.17, 15) is 4.79 Å². The molecule has 1 aliphatic rings. The first-order valence-corrected chi connectivity index (χ1v) is 6.23. The highest BCUT2D eigenvalue weighted by Crippen LogP contribution is 2.31. The number of rotatable bonds is 3. The number of carbonyl (C=O) groups is 1. The van der Waals surface area contributed by atoms with Crippen LogP contribution in [0, 0.1) is 0 Å². The molecule has 3 rings (SSSR count). The van der Waals surface area contributed by atoms with Gasteiger partial charge in [-0.3, -0.25) is 4.79 Å². The fourth-order valence-corrected chi connectivity index (χ4v) is 2.08. The van der Waals surface area contributed by atoms with E-state index < -0.39 is 6.10 Å². The first kappa shape index (κ1) is 11.8. The highest BCUT2D eigenvalue weighted by Gasteiger charge is 2.30. The molecule has 5 heteroatoms. The maximum absolute atomic E-state index is 12.4. The summed E-state index contributed by atoms with van der Waals surface area (Å²) in [6.07, 6.45) is 2.77. The Morgan fingerprint density at radius 2 is 2.21 bits per heavy atom. The van der Waals surface area contributed by atoms with Crippen LogP contribution in [0.4, 0.5) is 0 Å². The normalized spacial score (nSPS) is 17.2. The highest BCUT2D eigenvalue weighted by molar-refractivity contribution is 5.97. The van der Waals surface area contributed by atoms with Crippen molar-refractivity contribution >= 4 is 5.78 Å². The maximum atomic E-state index is 12.4. The lowest BCUT2D eigenvalue weighted by molar-refractivity contribution is 0.0571. The SMILES string of the molecule is CCn1ccnc1C(=O)C1COc2ccccc2O1. The Morgan fingerprint density at radius 1 is 1.42 bits per heavy atom. The van der Waals surface area contributed by atoms with Crippen molar-refractivity contribution in [2.24, 2.45) is 0 Å². The molecular weight excluding hydrogens is 244 g/mol. The molecular formula is C14H14N2O3. The second kappa shape index (κ2) is 4.76. The lowest BCUT2D eigenvalue weighted by Gasteiger charge is -2.25. The predicted octanol–water partition coefficient (Wildman–Crippen LogP) is 1.93. The number of carbonyl (C=O) groups excluding carboxylic acids is 1. The number of ether oxygens (including phenoxy) is 2. The molecule has 5 nitrogen and oxygen atoms in total. The summed E-state index contributed by atoms with van der Waals surface area (Å²) in [6, 6.07) is 7.33. The van der Waals surface area contributed by atoms with E-state index in [-0.39, 0.29) is 12.4 Å². The molecule has 0 radical (unpaired) electrons. The molecule has 98 valence electrons. The first-order chi connectivity index (χ1) is 9.29. The van der Waals surface area contributed by atoms with Gasteiger partial charge in [0, 0.05) is 18.9 Å². The molecule has 0 spiro atoms. The molecule has 1 aromatic heterocycles. The minimum absolute atomic E-state index is 0.152. The zero-order chi connectivity index (χ0) is 13.2. The number of hydrogen-bond acceptors (Lipinski definition) is 4. The first-order valence-electron chi connectivity index (χ1n) is 6.23. The minimum Gasteiger partial charge on any atom is -0.485 e. The zero-order valence-corrected chi connectivity index (χ0v) is 10.6. The molecule has 0 amide bonds. The van der Waals surface area contributed by atoms with Crippen LogP contribution in [0.2, 0.25) is 0 Å². The van der Waals surface area contributed by atoms with Gasteiger partial charge in [0.05, 0.1) is 0 Å². The van der Waals surface area contributed by atoms with Crippen molar-refractivity contribution in [3.63, 3.8) is 0 Å². The maximum Gasteiger partial charge on any atom is 0.242 e. The Kier molecular flexibility index (Phi) is 2.95. The molecule has 1 aliphatic heterocycles. The van der Waals surface area contributed by atoms with Gasteiger partial charge in [0.1, 0.15) is 6.61 Å². The number of hydrogen-bond donors (Lipinski definition) is 0. The van der Waals surface area contributed by atoms with Crippen LogP contribution in [-0.2, 0) is 6.54 Å². The molecule has 0 aliphatic carbocycles. The smallest absolute Gasteiger partial charge is 0.242 e.